The number of para-hydroxylation sites is 4. The molecule has 0 aliphatic heterocycles. The predicted octanol–water partition coefficient (Wildman–Crippen LogP) is 15.4. The zero-order valence-corrected chi connectivity index (χ0v) is 35.9. The van der Waals surface area contributed by atoms with Gasteiger partial charge >= 0.3 is 0 Å². The minimum absolute atomic E-state index is 0.715. The number of aromatic nitrogens is 5. The van der Waals surface area contributed by atoms with Crippen LogP contribution in [0.4, 0.5) is 0 Å². The molecule has 9 aromatic carbocycles. The van der Waals surface area contributed by atoms with Gasteiger partial charge in [0.15, 0.2) is 5.82 Å². The van der Waals surface area contributed by atoms with Crippen molar-refractivity contribution in [2.45, 2.75) is 13.8 Å². The summed E-state index contributed by atoms with van der Waals surface area (Å²) in [6.45, 7) is 4.23. The van der Waals surface area contributed by atoms with Crippen molar-refractivity contribution in [3.8, 4) is 51.0 Å². The van der Waals surface area contributed by atoms with Crippen LogP contribution < -0.4 is 0 Å². The zero-order valence-electron chi connectivity index (χ0n) is 35.9. The number of nitrogens with zero attached hydrogens (tertiary/aromatic N) is 5. The Morgan fingerprint density at radius 3 is 1.14 bits per heavy atom. The summed E-state index contributed by atoms with van der Waals surface area (Å²) in [4.78, 5) is 10.3. The molecular weight excluding hydrogens is 791 g/mol. The largest absolute Gasteiger partial charge is 0.309 e. The van der Waals surface area contributed by atoms with Gasteiger partial charge < -0.3 is 13.7 Å². The first-order valence-electron chi connectivity index (χ1n) is 22.2. The van der Waals surface area contributed by atoms with Gasteiger partial charge in [-0.3, -0.25) is 0 Å². The molecule has 13 rings (SSSR count). The summed E-state index contributed by atoms with van der Waals surface area (Å²) in [5.41, 5.74) is 17.7. The molecule has 4 aromatic heterocycles. The molecule has 0 amide bonds. The number of hydrogen-bond acceptors (Lipinski definition) is 2. The first-order chi connectivity index (χ1) is 32.0. The first kappa shape index (κ1) is 37.1. The second kappa shape index (κ2) is 14.5. The Balaban J connectivity index is 1.01. The SMILES string of the molecule is Cc1cccc(-c2cc(-c3ccc(-n4c5ccc(-n6c7ccccc7c7ccccc76)cc5c5cc(-n6c7ccccc7c7ccccc76)ccc54)cc3)nc(-c3cccc(C)c3)n2)c1. The molecule has 65 heavy (non-hydrogen) atoms. The zero-order chi connectivity index (χ0) is 43.2. The molecule has 0 N–H and O–H groups in total. The molecule has 4 heterocycles. The quantitative estimate of drug-likeness (QED) is 0.167. The molecule has 5 heteroatoms. The summed E-state index contributed by atoms with van der Waals surface area (Å²) in [6.07, 6.45) is 0. The normalized spacial score (nSPS) is 11.8. The Kier molecular flexibility index (Phi) is 8.27. The van der Waals surface area contributed by atoms with E-state index in [1.54, 1.807) is 0 Å². The lowest BCUT2D eigenvalue weighted by Crippen LogP contribution is -1.98. The second-order valence-electron chi connectivity index (χ2n) is 17.2. The monoisotopic (exact) mass is 831 g/mol. The van der Waals surface area contributed by atoms with Gasteiger partial charge in [0.05, 0.1) is 44.5 Å². The summed E-state index contributed by atoms with van der Waals surface area (Å²) < 4.78 is 7.24. The van der Waals surface area contributed by atoms with Crippen LogP contribution in [0.25, 0.3) is 116 Å². The van der Waals surface area contributed by atoms with E-state index in [1.165, 1.54) is 65.5 Å². The first-order valence-corrected chi connectivity index (χ1v) is 22.2. The molecule has 13 aromatic rings. The highest BCUT2D eigenvalue weighted by Gasteiger charge is 2.20. The van der Waals surface area contributed by atoms with E-state index in [0.717, 1.165) is 56.2 Å². The van der Waals surface area contributed by atoms with Gasteiger partial charge in [-0.1, -0.05) is 132 Å². The van der Waals surface area contributed by atoms with Crippen LogP contribution in [0.1, 0.15) is 11.1 Å². The van der Waals surface area contributed by atoms with Crippen molar-refractivity contribution in [2.24, 2.45) is 0 Å². The van der Waals surface area contributed by atoms with Crippen LogP contribution in [0.3, 0.4) is 0 Å². The highest BCUT2D eigenvalue weighted by Crippen LogP contribution is 2.40. The third kappa shape index (κ3) is 5.93. The molecule has 5 nitrogen and oxygen atoms in total. The lowest BCUT2D eigenvalue weighted by molar-refractivity contribution is 1.16. The maximum Gasteiger partial charge on any atom is 0.160 e. The Morgan fingerprint density at radius 2 is 0.662 bits per heavy atom. The van der Waals surface area contributed by atoms with Crippen LogP contribution in [0.2, 0.25) is 0 Å². The number of aryl methyl sites for hydroxylation is 2. The van der Waals surface area contributed by atoms with E-state index >= 15 is 0 Å². The number of hydrogen-bond donors (Lipinski definition) is 0. The molecule has 0 aliphatic carbocycles. The van der Waals surface area contributed by atoms with E-state index in [9.17, 15) is 0 Å². The topological polar surface area (TPSA) is 40.6 Å². The van der Waals surface area contributed by atoms with Crippen LogP contribution in [0.15, 0.2) is 212 Å². The van der Waals surface area contributed by atoms with Crippen LogP contribution in [0.5, 0.6) is 0 Å². The summed E-state index contributed by atoms with van der Waals surface area (Å²) in [5, 5.41) is 7.38. The van der Waals surface area contributed by atoms with Crippen molar-refractivity contribution in [2.75, 3.05) is 0 Å². The van der Waals surface area contributed by atoms with Crippen molar-refractivity contribution in [3.05, 3.63) is 223 Å². The smallest absolute Gasteiger partial charge is 0.160 e. The third-order valence-corrected chi connectivity index (χ3v) is 13.1. The molecule has 0 bridgehead atoms. The molecular formula is C60H41N5. The fourth-order valence-electron chi connectivity index (χ4n) is 10.2. The van der Waals surface area contributed by atoms with Crippen LogP contribution in [-0.2, 0) is 0 Å². The lowest BCUT2D eigenvalue weighted by atomic mass is 10.0. The molecule has 0 radical (unpaired) electrons. The van der Waals surface area contributed by atoms with Gasteiger partial charge in [0, 0.05) is 66.1 Å². The van der Waals surface area contributed by atoms with Gasteiger partial charge in [-0.2, -0.15) is 0 Å². The predicted molar refractivity (Wildman–Crippen MR) is 271 cm³/mol. The molecule has 0 atom stereocenters. The number of fused-ring (bicyclic) bond motifs is 9. The van der Waals surface area contributed by atoms with E-state index in [0.29, 0.717) is 5.82 Å². The summed E-state index contributed by atoms with van der Waals surface area (Å²) in [6, 6.07) is 76.8. The fourth-order valence-corrected chi connectivity index (χ4v) is 10.2. The fraction of sp³-hybridized carbons (Fsp3) is 0.0333. The van der Waals surface area contributed by atoms with E-state index in [1.807, 2.05) is 0 Å². The Hall–Kier alpha value is -8.54. The van der Waals surface area contributed by atoms with E-state index < -0.39 is 0 Å². The Bertz CT molecular complexity index is 3690. The molecule has 0 unspecified atom stereocenters. The summed E-state index contributed by atoms with van der Waals surface area (Å²) in [5.74, 6) is 0.715. The van der Waals surface area contributed by atoms with Gasteiger partial charge in [0.25, 0.3) is 0 Å². The lowest BCUT2D eigenvalue weighted by Gasteiger charge is -2.12. The maximum atomic E-state index is 5.19. The van der Waals surface area contributed by atoms with Crippen molar-refractivity contribution >= 4 is 65.4 Å². The van der Waals surface area contributed by atoms with Crippen LogP contribution in [-0.4, -0.2) is 23.7 Å². The van der Waals surface area contributed by atoms with E-state index in [2.05, 4.69) is 240 Å². The van der Waals surface area contributed by atoms with Gasteiger partial charge in [-0.15, -0.1) is 0 Å². The third-order valence-electron chi connectivity index (χ3n) is 13.1. The summed E-state index contributed by atoms with van der Waals surface area (Å²) >= 11 is 0. The minimum atomic E-state index is 0.715. The van der Waals surface area contributed by atoms with E-state index in [4.69, 9.17) is 9.97 Å². The maximum absolute atomic E-state index is 5.19. The highest BCUT2D eigenvalue weighted by atomic mass is 15.0. The van der Waals surface area contributed by atoms with Crippen molar-refractivity contribution in [1.82, 2.24) is 23.7 Å². The molecule has 0 spiro atoms. The standard InChI is InChI=1S/C60H41N5/c1-38-13-11-15-41(33-38)53-37-52(61-60(62-53)42-16-12-14-39(2)34-42)40-25-27-43(28-26-40)63-58-31-29-44(64-54-21-7-3-17-46(54)47-18-4-8-22-55(47)64)35-50(58)51-36-45(30-32-59(51)63)65-56-23-9-5-19-48(56)49-20-6-10-24-57(49)65/h3-37H,1-2H3. The molecule has 0 saturated carbocycles. The molecule has 306 valence electrons. The molecule has 0 saturated heterocycles. The average Bonchev–Trinajstić information content (AvgIpc) is 3.99. The van der Waals surface area contributed by atoms with Crippen molar-refractivity contribution < 1.29 is 0 Å². The second-order valence-corrected chi connectivity index (χ2v) is 17.2. The minimum Gasteiger partial charge on any atom is -0.309 e. The van der Waals surface area contributed by atoms with Crippen LogP contribution >= 0.6 is 0 Å². The van der Waals surface area contributed by atoms with Gasteiger partial charge in [0.2, 0.25) is 0 Å². The Morgan fingerprint density at radius 1 is 0.277 bits per heavy atom. The van der Waals surface area contributed by atoms with Gasteiger partial charge in [0.1, 0.15) is 0 Å². The highest BCUT2D eigenvalue weighted by molar-refractivity contribution is 6.14. The van der Waals surface area contributed by atoms with Gasteiger partial charge in [-0.05, 0) is 105 Å². The average molecular weight is 832 g/mol. The number of rotatable bonds is 6. The van der Waals surface area contributed by atoms with E-state index in [-0.39, 0.29) is 0 Å². The molecule has 0 aliphatic rings. The van der Waals surface area contributed by atoms with Gasteiger partial charge in [-0.25, -0.2) is 9.97 Å². The number of benzene rings is 9. The summed E-state index contributed by atoms with van der Waals surface area (Å²) in [7, 11) is 0. The van der Waals surface area contributed by atoms with Crippen molar-refractivity contribution in [1.29, 1.82) is 0 Å². The van der Waals surface area contributed by atoms with Crippen molar-refractivity contribution in [3.63, 3.8) is 0 Å². The molecule has 0 fully saturated rings. The van der Waals surface area contributed by atoms with Crippen LogP contribution in [0, 0.1) is 13.8 Å². The Labute approximate surface area is 375 Å².